The highest BCUT2D eigenvalue weighted by Crippen LogP contribution is 2.36. The van der Waals surface area contributed by atoms with E-state index >= 15 is 0 Å². The summed E-state index contributed by atoms with van der Waals surface area (Å²) >= 11 is 0. The van der Waals surface area contributed by atoms with E-state index in [-0.39, 0.29) is 18.6 Å². The highest BCUT2D eigenvalue weighted by atomic mass is 19.4. The molecule has 0 aromatic carbocycles. The first-order chi connectivity index (χ1) is 16.1. The molecule has 1 amide bonds. The maximum Gasteiger partial charge on any atom is 0.405 e. The van der Waals surface area contributed by atoms with Gasteiger partial charge in [0.2, 0.25) is 5.91 Å². The van der Waals surface area contributed by atoms with Crippen LogP contribution < -0.4 is 16.1 Å². The fourth-order valence-electron chi connectivity index (χ4n) is 5.50. The summed E-state index contributed by atoms with van der Waals surface area (Å²) in [6, 6.07) is -0.265. The number of amides is 1. The second-order valence-corrected chi connectivity index (χ2v) is 9.79. The number of aryl methyl sites for hydroxylation is 1. The summed E-state index contributed by atoms with van der Waals surface area (Å²) in [6.07, 6.45) is 0.635. The molecule has 2 aromatic rings. The molecule has 186 valence electrons. The van der Waals surface area contributed by atoms with E-state index in [0.29, 0.717) is 24.3 Å². The summed E-state index contributed by atoms with van der Waals surface area (Å²) in [6.45, 7) is 4.01. The molecule has 0 bridgehead atoms. The van der Waals surface area contributed by atoms with Crippen LogP contribution >= 0.6 is 0 Å². The van der Waals surface area contributed by atoms with Crippen molar-refractivity contribution in [2.24, 2.45) is 11.7 Å². The van der Waals surface area contributed by atoms with Gasteiger partial charge < -0.3 is 15.5 Å². The number of anilines is 1. The quantitative estimate of drug-likeness (QED) is 0.690. The van der Waals surface area contributed by atoms with Crippen LogP contribution in [0.3, 0.4) is 0 Å². The molecule has 0 aliphatic carbocycles. The number of carbonyl (C=O) groups is 1. The molecule has 34 heavy (non-hydrogen) atoms. The minimum absolute atomic E-state index is 0.0134. The minimum atomic E-state index is -4.50. The Bertz CT molecular complexity index is 1070. The maximum absolute atomic E-state index is 13.6. The summed E-state index contributed by atoms with van der Waals surface area (Å²) < 4.78 is 42.5. The SMILES string of the molecule is Cc1cn2nc([C@@H]3CCCCN3C(=O)C3CN(C)NC3C(F)(F)F)cc2nc1N1CC[C@H](N)C1. The van der Waals surface area contributed by atoms with E-state index in [1.165, 1.54) is 12.1 Å². The zero-order valence-electron chi connectivity index (χ0n) is 19.4. The number of likely N-dealkylation sites (tertiary alicyclic amines) is 1. The van der Waals surface area contributed by atoms with Crippen LogP contribution in [0.5, 0.6) is 0 Å². The smallest absolute Gasteiger partial charge is 0.355 e. The Labute approximate surface area is 196 Å². The standard InChI is InChI=1S/C22H31F3N8O/c1-13-10-33-18(27-20(13)31-8-6-14(26)11-31)9-16(28-33)17-5-3-4-7-32(17)21(34)15-12-30(2)29-19(15)22(23,24)25/h9-10,14-15,17,19,29H,3-8,11-12,26H2,1-2H3/t14-,15?,17-,19?/m0/s1. The van der Waals surface area contributed by atoms with E-state index < -0.39 is 24.0 Å². The summed E-state index contributed by atoms with van der Waals surface area (Å²) in [7, 11) is 1.53. The molecule has 5 rings (SSSR count). The first kappa shape index (κ1) is 23.3. The number of aromatic nitrogens is 3. The van der Waals surface area contributed by atoms with Crippen molar-refractivity contribution in [2.75, 3.05) is 38.1 Å². The Morgan fingerprint density at radius 2 is 2.00 bits per heavy atom. The van der Waals surface area contributed by atoms with Crippen LogP contribution in [0.4, 0.5) is 19.0 Å². The summed E-state index contributed by atoms with van der Waals surface area (Å²) in [5.74, 6) is -0.789. The molecule has 3 saturated heterocycles. The highest BCUT2D eigenvalue weighted by Gasteiger charge is 2.53. The molecular weight excluding hydrogens is 449 g/mol. The second kappa shape index (κ2) is 8.65. The van der Waals surface area contributed by atoms with Gasteiger partial charge in [-0.2, -0.15) is 18.3 Å². The number of alkyl halides is 3. The van der Waals surface area contributed by atoms with Gasteiger partial charge in [0, 0.05) is 57.1 Å². The average Bonchev–Trinajstić information content (AvgIpc) is 3.50. The Kier molecular flexibility index (Phi) is 5.93. The molecule has 3 aliphatic heterocycles. The highest BCUT2D eigenvalue weighted by molar-refractivity contribution is 5.81. The van der Waals surface area contributed by atoms with Gasteiger partial charge in [-0.1, -0.05) is 0 Å². The van der Waals surface area contributed by atoms with Crippen molar-refractivity contribution in [1.29, 1.82) is 0 Å². The molecule has 2 aromatic heterocycles. The largest absolute Gasteiger partial charge is 0.405 e. The average molecular weight is 481 g/mol. The van der Waals surface area contributed by atoms with Crippen LogP contribution in [0.1, 0.15) is 43.0 Å². The van der Waals surface area contributed by atoms with Gasteiger partial charge in [0.05, 0.1) is 17.7 Å². The fraction of sp³-hybridized carbons (Fsp3) is 0.682. The van der Waals surface area contributed by atoms with E-state index in [1.807, 2.05) is 19.2 Å². The van der Waals surface area contributed by atoms with Crippen molar-refractivity contribution in [3.8, 4) is 0 Å². The van der Waals surface area contributed by atoms with Gasteiger partial charge in [0.25, 0.3) is 0 Å². The lowest BCUT2D eigenvalue weighted by atomic mass is 9.94. The van der Waals surface area contributed by atoms with E-state index in [4.69, 9.17) is 15.8 Å². The van der Waals surface area contributed by atoms with Gasteiger partial charge in [-0.25, -0.2) is 19.9 Å². The second-order valence-electron chi connectivity index (χ2n) is 9.79. The van der Waals surface area contributed by atoms with Crippen LogP contribution in [-0.4, -0.2) is 81.9 Å². The zero-order chi connectivity index (χ0) is 24.2. The molecule has 3 N–H and O–H groups in total. The molecule has 5 heterocycles. The topological polar surface area (TPSA) is 95.0 Å². The van der Waals surface area contributed by atoms with Crippen molar-refractivity contribution in [2.45, 2.75) is 56.9 Å². The first-order valence-electron chi connectivity index (χ1n) is 11.8. The molecule has 3 aliphatic rings. The van der Waals surface area contributed by atoms with Gasteiger partial charge in [-0.3, -0.25) is 4.79 Å². The van der Waals surface area contributed by atoms with Crippen molar-refractivity contribution >= 4 is 17.4 Å². The lowest BCUT2D eigenvalue weighted by molar-refractivity contribution is -0.173. The molecule has 2 unspecified atom stereocenters. The number of rotatable bonds is 3. The van der Waals surface area contributed by atoms with Crippen LogP contribution in [0, 0.1) is 12.8 Å². The number of nitrogens with one attached hydrogen (secondary N) is 1. The van der Waals surface area contributed by atoms with Crippen molar-refractivity contribution in [3.63, 3.8) is 0 Å². The monoisotopic (exact) mass is 480 g/mol. The van der Waals surface area contributed by atoms with E-state index in [0.717, 1.165) is 43.7 Å². The fourth-order valence-corrected chi connectivity index (χ4v) is 5.50. The lowest BCUT2D eigenvalue weighted by Crippen LogP contribution is -2.50. The maximum atomic E-state index is 13.6. The van der Waals surface area contributed by atoms with Gasteiger partial charge in [0.1, 0.15) is 11.9 Å². The third-order valence-electron chi connectivity index (χ3n) is 7.18. The van der Waals surface area contributed by atoms with Gasteiger partial charge in [-0.15, -0.1) is 0 Å². The number of halogens is 3. The van der Waals surface area contributed by atoms with E-state index in [1.54, 1.807) is 9.42 Å². The summed E-state index contributed by atoms with van der Waals surface area (Å²) in [5.41, 5.74) is 10.8. The number of piperidine rings is 1. The van der Waals surface area contributed by atoms with E-state index in [9.17, 15) is 18.0 Å². The Balaban J connectivity index is 1.43. The number of nitrogens with zero attached hydrogens (tertiary/aromatic N) is 6. The van der Waals surface area contributed by atoms with Crippen LogP contribution in [-0.2, 0) is 4.79 Å². The molecule has 0 saturated carbocycles. The third kappa shape index (κ3) is 4.22. The predicted octanol–water partition coefficient (Wildman–Crippen LogP) is 1.63. The molecule has 9 nitrogen and oxygen atoms in total. The number of fused-ring (bicyclic) bond motifs is 1. The summed E-state index contributed by atoms with van der Waals surface area (Å²) in [5, 5.41) is 6.04. The number of hydrogen-bond acceptors (Lipinski definition) is 7. The Hall–Kier alpha value is -2.44. The van der Waals surface area contributed by atoms with Gasteiger partial charge in [-0.05, 0) is 32.6 Å². The van der Waals surface area contributed by atoms with Crippen molar-refractivity contribution in [1.82, 2.24) is 29.9 Å². The Morgan fingerprint density at radius 1 is 1.21 bits per heavy atom. The molecule has 12 heteroatoms. The van der Waals surface area contributed by atoms with Gasteiger partial charge >= 0.3 is 6.18 Å². The molecular formula is C22H31F3N8O. The summed E-state index contributed by atoms with van der Waals surface area (Å²) in [4.78, 5) is 22.0. The number of hydrogen-bond donors (Lipinski definition) is 2. The minimum Gasteiger partial charge on any atom is -0.355 e. The van der Waals surface area contributed by atoms with E-state index in [2.05, 4.69) is 10.3 Å². The molecule has 0 radical (unpaired) electrons. The third-order valence-corrected chi connectivity index (χ3v) is 7.18. The molecule has 3 fully saturated rings. The number of carbonyl (C=O) groups excluding carboxylic acids is 1. The zero-order valence-corrected chi connectivity index (χ0v) is 19.4. The van der Waals surface area contributed by atoms with Crippen LogP contribution in [0.2, 0.25) is 0 Å². The number of nitrogens with two attached hydrogens (primary N) is 1. The predicted molar refractivity (Wildman–Crippen MR) is 120 cm³/mol. The lowest BCUT2D eigenvalue weighted by Gasteiger charge is -2.37. The first-order valence-corrected chi connectivity index (χ1v) is 11.8. The molecule has 0 spiro atoms. The number of hydrazine groups is 1. The van der Waals surface area contributed by atoms with Crippen LogP contribution in [0.15, 0.2) is 12.3 Å². The van der Waals surface area contributed by atoms with Gasteiger partial charge in [0.15, 0.2) is 5.65 Å². The molecule has 4 atom stereocenters. The van der Waals surface area contributed by atoms with Crippen molar-refractivity contribution in [3.05, 3.63) is 23.5 Å². The normalized spacial score (nSPS) is 28.9. The van der Waals surface area contributed by atoms with Crippen LogP contribution in [0.25, 0.3) is 5.65 Å². The Morgan fingerprint density at radius 3 is 2.71 bits per heavy atom. The van der Waals surface area contributed by atoms with Crippen molar-refractivity contribution < 1.29 is 18.0 Å².